The van der Waals surface area contributed by atoms with Gasteiger partial charge in [-0.3, -0.25) is 0 Å². The quantitative estimate of drug-likeness (QED) is 0.164. The topological polar surface area (TPSA) is 11.4 Å². The number of fused-ring (bicyclic) bond motifs is 10. The van der Waals surface area contributed by atoms with Gasteiger partial charge in [-0.1, -0.05) is 161 Å². The van der Waals surface area contributed by atoms with Crippen LogP contribution in [0, 0.1) is 20.8 Å². The van der Waals surface area contributed by atoms with E-state index >= 15 is 0 Å². The molecule has 4 heteroatoms. The first-order chi connectivity index (χ1) is 33.1. The molecule has 3 aliphatic rings. The van der Waals surface area contributed by atoms with Crippen LogP contribution >= 0.6 is 0 Å². The van der Waals surface area contributed by atoms with E-state index in [9.17, 15) is 0 Å². The number of anilines is 6. The van der Waals surface area contributed by atoms with Crippen LogP contribution in [-0.4, -0.2) is 11.3 Å². The third-order valence-corrected chi connectivity index (χ3v) is 16.3. The highest BCUT2D eigenvalue weighted by atomic mass is 15.2. The smallest absolute Gasteiger partial charge is 0.252 e. The fraction of sp³-hybridized carbons (Fsp3) is 0.273. The average Bonchev–Trinajstić information content (AvgIpc) is 3.74. The molecule has 9 aromatic rings. The van der Waals surface area contributed by atoms with Gasteiger partial charge in [0.15, 0.2) is 0 Å². The number of para-hydroxylation sites is 1. The molecule has 3 nitrogen and oxygen atoms in total. The third kappa shape index (κ3) is 6.47. The lowest BCUT2D eigenvalue weighted by atomic mass is 9.33. The average molecular weight is 912 g/mol. The van der Waals surface area contributed by atoms with Crippen LogP contribution in [0.5, 0.6) is 0 Å². The van der Waals surface area contributed by atoms with Crippen molar-refractivity contribution in [3.05, 3.63) is 190 Å². The molecule has 1 aliphatic carbocycles. The monoisotopic (exact) mass is 912 g/mol. The van der Waals surface area contributed by atoms with E-state index in [1.807, 2.05) is 0 Å². The first kappa shape index (κ1) is 44.4. The SMILES string of the molecule is Cc1cc2c3c(c1)N(c1c(C)cc(C(C)(C)C)cc1C)c1cc4c(cc1B3c1ccc(C(C)(C)C)cc1N2c1ccc2c(c1)C(C)(C)c1ccccc1-2)c1cc(C(C)(C)C)ccc1n4-c1ccccc1. The molecule has 0 saturated heterocycles. The van der Waals surface area contributed by atoms with E-state index in [4.69, 9.17) is 0 Å². The molecule has 0 amide bonds. The van der Waals surface area contributed by atoms with Crippen molar-refractivity contribution in [3.8, 4) is 16.8 Å². The highest BCUT2D eigenvalue weighted by Crippen LogP contribution is 2.53. The van der Waals surface area contributed by atoms with Gasteiger partial charge >= 0.3 is 0 Å². The maximum Gasteiger partial charge on any atom is 0.252 e. The molecule has 348 valence electrons. The Labute approximate surface area is 416 Å². The van der Waals surface area contributed by atoms with E-state index in [1.165, 1.54) is 134 Å². The van der Waals surface area contributed by atoms with Crippen molar-refractivity contribution >= 4 is 79.0 Å². The molecule has 8 aromatic carbocycles. The van der Waals surface area contributed by atoms with Crippen molar-refractivity contribution in [1.29, 1.82) is 0 Å². The molecule has 0 spiro atoms. The highest BCUT2D eigenvalue weighted by molar-refractivity contribution is 7.00. The van der Waals surface area contributed by atoms with Crippen molar-refractivity contribution in [3.63, 3.8) is 0 Å². The Morgan fingerprint density at radius 2 is 1.01 bits per heavy atom. The van der Waals surface area contributed by atoms with E-state index in [2.05, 4.69) is 257 Å². The third-order valence-electron chi connectivity index (χ3n) is 16.3. The molecule has 0 saturated carbocycles. The predicted molar refractivity (Wildman–Crippen MR) is 303 cm³/mol. The minimum Gasteiger partial charge on any atom is -0.311 e. The zero-order valence-corrected chi connectivity index (χ0v) is 43.8. The fourth-order valence-corrected chi connectivity index (χ4v) is 12.5. The van der Waals surface area contributed by atoms with Crippen LogP contribution in [0.1, 0.15) is 121 Å². The summed E-state index contributed by atoms with van der Waals surface area (Å²) in [6.07, 6.45) is 0. The second-order valence-electron chi connectivity index (χ2n) is 24.5. The van der Waals surface area contributed by atoms with Gasteiger partial charge in [0, 0.05) is 50.3 Å². The lowest BCUT2D eigenvalue weighted by Crippen LogP contribution is -2.61. The lowest BCUT2D eigenvalue weighted by molar-refractivity contribution is 0.589. The molecule has 1 aromatic heterocycles. The summed E-state index contributed by atoms with van der Waals surface area (Å²) in [5.41, 5.74) is 28.3. The molecule has 70 heavy (non-hydrogen) atoms. The van der Waals surface area contributed by atoms with Crippen LogP contribution in [0.15, 0.2) is 146 Å². The Hall–Kier alpha value is -6.78. The van der Waals surface area contributed by atoms with Crippen molar-refractivity contribution in [1.82, 2.24) is 4.57 Å². The van der Waals surface area contributed by atoms with Crippen LogP contribution in [0.2, 0.25) is 0 Å². The molecular formula is C66H66BN3. The van der Waals surface area contributed by atoms with E-state index < -0.39 is 0 Å². The summed E-state index contributed by atoms with van der Waals surface area (Å²) in [5, 5.41) is 2.58. The number of aryl methyl sites for hydroxylation is 3. The van der Waals surface area contributed by atoms with Gasteiger partial charge in [0.25, 0.3) is 6.71 Å². The largest absolute Gasteiger partial charge is 0.311 e. The molecule has 0 bridgehead atoms. The first-order valence-corrected chi connectivity index (χ1v) is 25.5. The second-order valence-corrected chi connectivity index (χ2v) is 24.5. The van der Waals surface area contributed by atoms with Crippen LogP contribution < -0.4 is 26.2 Å². The Balaban J connectivity index is 1.21. The number of benzene rings is 8. The standard InChI is InChI=1S/C66H66BN3/c1-39-30-59-61-60(31-39)70(62-40(2)32-44(33-41(62)3)65(10,11)12)58-38-56-50(49-34-42(63(4,5)6)25-29-55(49)68(56)45-20-16-15-17-21-45)37-54(58)67(61)53-28-24-43(64(7,8)9)35-57(53)69(59)46-26-27-48-47-22-18-19-23-51(47)66(13,14)52(48)36-46/h15-38H,1-14H3. The van der Waals surface area contributed by atoms with Gasteiger partial charge in [-0.05, 0) is 170 Å². The van der Waals surface area contributed by atoms with Gasteiger partial charge in [-0.2, -0.15) is 0 Å². The Bertz CT molecular complexity index is 3650. The normalized spacial score (nSPS) is 14.7. The Morgan fingerprint density at radius 1 is 0.429 bits per heavy atom. The molecule has 3 heterocycles. The predicted octanol–water partition coefficient (Wildman–Crippen LogP) is 16.0. The molecule has 0 radical (unpaired) electrons. The van der Waals surface area contributed by atoms with Crippen molar-refractivity contribution in [2.24, 2.45) is 0 Å². The molecule has 12 rings (SSSR count). The van der Waals surface area contributed by atoms with Gasteiger partial charge in [0.1, 0.15) is 0 Å². The van der Waals surface area contributed by atoms with Crippen molar-refractivity contribution in [2.45, 2.75) is 119 Å². The summed E-state index contributed by atoms with van der Waals surface area (Å²) < 4.78 is 2.51. The molecular weight excluding hydrogens is 846 g/mol. The maximum absolute atomic E-state index is 2.66. The number of rotatable bonds is 3. The second kappa shape index (κ2) is 14.9. The first-order valence-electron chi connectivity index (χ1n) is 25.5. The van der Waals surface area contributed by atoms with Crippen LogP contribution in [-0.2, 0) is 21.7 Å². The minimum atomic E-state index is -0.135. The van der Waals surface area contributed by atoms with E-state index in [0.29, 0.717) is 0 Å². The summed E-state index contributed by atoms with van der Waals surface area (Å²) in [6.45, 7) is 32.8. The van der Waals surface area contributed by atoms with E-state index in [1.54, 1.807) is 0 Å². The van der Waals surface area contributed by atoms with Gasteiger partial charge in [0.05, 0.1) is 16.7 Å². The summed E-state index contributed by atoms with van der Waals surface area (Å²) >= 11 is 0. The molecule has 0 atom stereocenters. The zero-order valence-electron chi connectivity index (χ0n) is 43.8. The van der Waals surface area contributed by atoms with Crippen molar-refractivity contribution < 1.29 is 0 Å². The molecule has 0 N–H and O–H groups in total. The van der Waals surface area contributed by atoms with Gasteiger partial charge in [-0.25, -0.2) is 0 Å². The van der Waals surface area contributed by atoms with Crippen LogP contribution in [0.25, 0.3) is 38.6 Å². The summed E-state index contributed by atoms with van der Waals surface area (Å²) in [5.74, 6) is 0. The van der Waals surface area contributed by atoms with Gasteiger partial charge in [0.2, 0.25) is 0 Å². The van der Waals surface area contributed by atoms with E-state index in [-0.39, 0.29) is 28.4 Å². The highest BCUT2D eigenvalue weighted by Gasteiger charge is 2.46. The maximum atomic E-state index is 2.66. The Morgan fingerprint density at radius 3 is 1.70 bits per heavy atom. The molecule has 0 fully saturated rings. The zero-order chi connectivity index (χ0) is 49.1. The summed E-state index contributed by atoms with van der Waals surface area (Å²) in [4.78, 5) is 5.30. The van der Waals surface area contributed by atoms with Gasteiger partial charge < -0.3 is 14.4 Å². The Kier molecular flexibility index (Phi) is 9.44. The summed E-state index contributed by atoms with van der Waals surface area (Å²) in [6, 6.07) is 56.9. The summed E-state index contributed by atoms with van der Waals surface area (Å²) in [7, 11) is 0. The van der Waals surface area contributed by atoms with Crippen LogP contribution in [0.3, 0.4) is 0 Å². The number of hydrogen-bond acceptors (Lipinski definition) is 2. The van der Waals surface area contributed by atoms with Crippen molar-refractivity contribution in [2.75, 3.05) is 9.80 Å². The molecule has 0 unspecified atom stereocenters. The number of aromatic nitrogens is 1. The van der Waals surface area contributed by atoms with Gasteiger partial charge in [-0.15, -0.1) is 0 Å². The number of nitrogens with zero attached hydrogens (tertiary/aromatic N) is 3. The van der Waals surface area contributed by atoms with Crippen LogP contribution in [0.4, 0.5) is 34.1 Å². The fourth-order valence-electron chi connectivity index (χ4n) is 12.5. The minimum absolute atomic E-state index is 0.00751. The molecule has 2 aliphatic heterocycles. The number of hydrogen-bond donors (Lipinski definition) is 0. The van der Waals surface area contributed by atoms with E-state index in [0.717, 1.165) is 0 Å². The lowest BCUT2D eigenvalue weighted by Gasteiger charge is -2.45.